The molecule has 0 aliphatic heterocycles. The predicted molar refractivity (Wildman–Crippen MR) is 73.8 cm³/mol. The standard InChI is InChI=1S/C13H18ClN3O/c14-10-6-8(13(16)18)4-5-12(10)17-11-3-1-2-9(11)7-15/h4-6,9,11,17H,1-3,7,15H2,(H2,16,18). The molecule has 0 bridgehead atoms. The molecule has 2 rings (SSSR count). The third-order valence-corrected chi connectivity index (χ3v) is 3.87. The van der Waals surface area contributed by atoms with Gasteiger partial charge < -0.3 is 16.8 Å². The molecule has 1 aliphatic rings. The van der Waals surface area contributed by atoms with Crippen LogP contribution in [0.25, 0.3) is 0 Å². The summed E-state index contributed by atoms with van der Waals surface area (Å²) in [7, 11) is 0. The summed E-state index contributed by atoms with van der Waals surface area (Å²) in [5, 5.41) is 3.93. The van der Waals surface area contributed by atoms with E-state index in [1.165, 1.54) is 6.42 Å². The number of amides is 1. The number of carbonyl (C=O) groups excluding carboxylic acids is 1. The van der Waals surface area contributed by atoms with Gasteiger partial charge in [-0.05, 0) is 43.5 Å². The number of benzene rings is 1. The normalized spacial score (nSPS) is 23.0. The molecule has 1 fully saturated rings. The second kappa shape index (κ2) is 5.59. The molecule has 5 N–H and O–H groups in total. The SMILES string of the molecule is NCC1CCCC1Nc1ccc(C(N)=O)cc1Cl. The van der Waals surface area contributed by atoms with E-state index in [1.54, 1.807) is 18.2 Å². The van der Waals surface area contributed by atoms with E-state index >= 15 is 0 Å². The van der Waals surface area contributed by atoms with Crippen molar-refractivity contribution >= 4 is 23.2 Å². The van der Waals surface area contributed by atoms with Crippen molar-refractivity contribution in [3.63, 3.8) is 0 Å². The summed E-state index contributed by atoms with van der Waals surface area (Å²) < 4.78 is 0. The van der Waals surface area contributed by atoms with E-state index in [0.717, 1.165) is 18.5 Å². The molecule has 18 heavy (non-hydrogen) atoms. The molecular formula is C13H18ClN3O. The van der Waals surface area contributed by atoms with Gasteiger partial charge in [-0.15, -0.1) is 0 Å². The van der Waals surface area contributed by atoms with Gasteiger partial charge in [-0.3, -0.25) is 4.79 Å². The number of hydrogen-bond donors (Lipinski definition) is 3. The minimum absolute atomic E-state index is 0.368. The zero-order valence-corrected chi connectivity index (χ0v) is 10.9. The Labute approximate surface area is 112 Å². The Bertz CT molecular complexity index is 450. The van der Waals surface area contributed by atoms with Crippen molar-refractivity contribution in [3.05, 3.63) is 28.8 Å². The third-order valence-electron chi connectivity index (χ3n) is 3.56. The Balaban J connectivity index is 2.12. The zero-order chi connectivity index (χ0) is 13.1. The fourth-order valence-corrected chi connectivity index (χ4v) is 2.73. The van der Waals surface area contributed by atoms with Crippen LogP contribution in [0.2, 0.25) is 5.02 Å². The van der Waals surface area contributed by atoms with Gasteiger partial charge in [0.05, 0.1) is 10.7 Å². The van der Waals surface area contributed by atoms with Crippen molar-refractivity contribution in [2.45, 2.75) is 25.3 Å². The molecular weight excluding hydrogens is 250 g/mol. The van der Waals surface area contributed by atoms with E-state index < -0.39 is 5.91 Å². The summed E-state index contributed by atoms with van der Waals surface area (Å²) in [6.45, 7) is 0.689. The Kier molecular flexibility index (Phi) is 4.09. The first-order valence-electron chi connectivity index (χ1n) is 6.17. The largest absolute Gasteiger partial charge is 0.381 e. The van der Waals surface area contributed by atoms with Crippen LogP contribution in [-0.2, 0) is 0 Å². The van der Waals surface area contributed by atoms with E-state index in [2.05, 4.69) is 5.32 Å². The fraction of sp³-hybridized carbons (Fsp3) is 0.462. The van der Waals surface area contributed by atoms with Crippen molar-refractivity contribution in [1.29, 1.82) is 0 Å². The van der Waals surface area contributed by atoms with Crippen LogP contribution < -0.4 is 16.8 Å². The number of hydrogen-bond acceptors (Lipinski definition) is 3. The quantitative estimate of drug-likeness (QED) is 0.780. The first kappa shape index (κ1) is 13.2. The monoisotopic (exact) mass is 267 g/mol. The van der Waals surface area contributed by atoms with E-state index in [4.69, 9.17) is 23.1 Å². The van der Waals surface area contributed by atoms with E-state index in [-0.39, 0.29) is 0 Å². The van der Waals surface area contributed by atoms with Crippen LogP contribution >= 0.6 is 11.6 Å². The van der Waals surface area contributed by atoms with Crippen molar-refractivity contribution in [2.24, 2.45) is 17.4 Å². The Morgan fingerprint density at radius 3 is 2.83 bits per heavy atom. The lowest BCUT2D eigenvalue weighted by molar-refractivity contribution is 0.100. The van der Waals surface area contributed by atoms with Gasteiger partial charge in [-0.2, -0.15) is 0 Å². The molecule has 98 valence electrons. The van der Waals surface area contributed by atoms with E-state index in [9.17, 15) is 4.79 Å². The molecule has 4 nitrogen and oxygen atoms in total. The second-order valence-corrected chi connectivity index (χ2v) is 5.14. The maximum absolute atomic E-state index is 11.0. The summed E-state index contributed by atoms with van der Waals surface area (Å²) >= 11 is 6.14. The first-order chi connectivity index (χ1) is 8.61. The lowest BCUT2D eigenvalue weighted by Gasteiger charge is -2.21. The van der Waals surface area contributed by atoms with Gasteiger partial charge in [0.1, 0.15) is 0 Å². The minimum Gasteiger partial charge on any atom is -0.381 e. The molecule has 1 aromatic carbocycles. The average Bonchev–Trinajstić information content (AvgIpc) is 2.78. The minimum atomic E-state index is -0.468. The Morgan fingerprint density at radius 2 is 2.22 bits per heavy atom. The number of nitrogens with two attached hydrogens (primary N) is 2. The number of nitrogens with one attached hydrogen (secondary N) is 1. The molecule has 0 aromatic heterocycles. The van der Waals surface area contributed by atoms with Crippen molar-refractivity contribution in [2.75, 3.05) is 11.9 Å². The molecule has 1 aromatic rings. The van der Waals surface area contributed by atoms with Gasteiger partial charge >= 0.3 is 0 Å². The number of primary amides is 1. The number of rotatable bonds is 4. The molecule has 1 amide bonds. The Morgan fingerprint density at radius 1 is 1.44 bits per heavy atom. The average molecular weight is 268 g/mol. The summed E-state index contributed by atoms with van der Waals surface area (Å²) in [6.07, 6.45) is 3.46. The van der Waals surface area contributed by atoms with Crippen LogP contribution in [0.4, 0.5) is 5.69 Å². The highest BCUT2D eigenvalue weighted by Gasteiger charge is 2.26. The smallest absolute Gasteiger partial charge is 0.248 e. The van der Waals surface area contributed by atoms with E-state index in [1.807, 2.05) is 0 Å². The molecule has 2 atom stereocenters. The highest BCUT2D eigenvalue weighted by molar-refractivity contribution is 6.33. The van der Waals surface area contributed by atoms with Crippen LogP contribution in [0, 0.1) is 5.92 Å². The number of halogens is 1. The highest BCUT2D eigenvalue weighted by atomic mass is 35.5. The molecule has 0 spiro atoms. The maximum Gasteiger partial charge on any atom is 0.248 e. The third kappa shape index (κ3) is 2.76. The van der Waals surface area contributed by atoms with Crippen molar-refractivity contribution < 1.29 is 4.79 Å². The molecule has 1 saturated carbocycles. The lowest BCUT2D eigenvalue weighted by atomic mass is 10.0. The summed E-state index contributed by atoms with van der Waals surface area (Å²) in [6, 6.07) is 5.45. The highest BCUT2D eigenvalue weighted by Crippen LogP contribution is 2.31. The number of anilines is 1. The molecule has 0 saturated heterocycles. The van der Waals surface area contributed by atoms with Crippen LogP contribution in [-0.4, -0.2) is 18.5 Å². The van der Waals surface area contributed by atoms with Crippen LogP contribution in [0.15, 0.2) is 18.2 Å². The first-order valence-corrected chi connectivity index (χ1v) is 6.55. The summed E-state index contributed by atoms with van der Waals surface area (Å²) in [5.74, 6) is 0.0287. The van der Waals surface area contributed by atoms with Gasteiger partial charge in [0.15, 0.2) is 0 Å². The molecule has 5 heteroatoms. The number of carbonyl (C=O) groups is 1. The molecule has 2 unspecified atom stereocenters. The summed E-state index contributed by atoms with van der Waals surface area (Å²) in [4.78, 5) is 11.0. The van der Waals surface area contributed by atoms with Gasteiger partial charge in [-0.1, -0.05) is 18.0 Å². The van der Waals surface area contributed by atoms with Crippen LogP contribution in [0.3, 0.4) is 0 Å². The van der Waals surface area contributed by atoms with Crippen LogP contribution in [0.1, 0.15) is 29.6 Å². The molecule has 1 aliphatic carbocycles. The maximum atomic E-state index is 11.0. The fourth-order valence-electron chi connectivity index (χ4n) is 2.49. The van der Waals surface area contributed by atoms with E-state index in [0.29, 0.717) is 29.1 Å². The van der Waals surface area contributed by atoms with Crippen LogP contribution in [0.5, 0.6) is 0 Å². The van der Waals surface area contributed by atoms with Gasteiger partial charge in [0.25, 0.3) is 0 Å². The topological polar surface area (TPSA) is 81.1 Å². The molecule has 0 heterocycles. The zero-order valence-electron chi connectivity index (χ0n) is 10.2. The predicted octanol–water partition coefficient (Wildman–Crippen LogP) is 1.98. The van der Waals surface area contributed by atoms with Gasteiger partial charge in [0, 0.05) is 11.6 Å². The lowest BCUT2D eigenvalue weighted by Crippen LogP contribution is -2.29. The van der Waals surface area contributed by atoms with Gasteiger partial charge in [-0.25, -0.2) is 0 Å². The van der Waals surface area contributed by atoms with Gasteiger partial charge in [0.2, 0.25) is 5.91 Å². The summed E-state index contributed by atoms with van der Waals surface area (Å²) in [5.41, 5.74) is 12.2. The van der Waals surface area contributed by atoms with Crippen molar-refractivity contribution in [1.82, 2.24) is 0 Å². The van der Waals surface area contributed by atoms with Crippen molar-refractivity contribution in [3.8, 4) is 0 Å². The Hall–Kier alpha value is -1.26. The second-order valence-electron chi connectivity index (χ2n) is 4.74. The molecule has 0 radical (unpaired) electrons.